The highest BCUT2D eigenvalue weighted by atomic mass is 16.5. The van der Waals surface area contributed by atoms with E-state index >= 15 is 0 Å². The van der Waals surface area contributed by atoms with Crippen molar-refractivity contribution in [2.24, 2.45) is 0 Å². The number of methoxy groups -OCH3 is 1. The molecule has 0 saturated carbocycles. The normalized spacial score (nSPS) is 15.8. The van der Waals surface area contributed by atoms with Crippen LogP contribution in [0.1, 0.15) is 11.3 Å². The van der Waals surface area contributed by atoms with Gasteiger partial charge in [0.05, 0.1) is 7.11 Å². The van der Waals surface area contributed by atoms with Crippen LogP contribution >= 0.6 is 0 Å². The number of piperazine rings is 1. The Balaban J connectivity index is 1.57. The molecule has 0 amide bonds. The average molecular weight is 299 g/mol. The maximum Gasteiger partial charge on any atom is 0.225 e. The van der Waals surface area contributed by atoms with Crippen LogP contribution in [0.4, 0.5) is 5.95 Å². The molecule has 116 valence electrons. The zero-order valence-electron chi connectivity index (χ0n) is 13.1. The van der Waals surface area contributed by atoms with Crippen LogP contribution in [-0.2, 0) is 6.54 Å². The average Bonchev–Trinajstić information content (AvgIpc) is 2.56. The molecule has 3 heterocycles. The third-order valence-electron chi connectivity index (χ3n) is 3.85. The van der Waals surface area contributed by atoms with E-state index in [0.29, 0.717) is 5.88 Å². The molecule has 2 aromatic heterocycles. The van der Waals surface area contributed by atoms with Gasteiger partial charge in [0.2, 0.25) is 11.8 Å². The van der Waals surface area contributed by atoms with Gasteiger partial charge in [-0.25, -0.2) is 15.0 Å². The summed E-state index contributed by atoms with van der Waals surface area (Å²) in [4.78, 5) is 17.7. The number of aromatic nitrogens is 3. The fourth-order valence-corrected chi connectivity index (χ4v) is 2.61. The van der Waals surface area contributed by atoms with Crippen LogP contribution in [0.5, 0.6) is 5.88 Å². The van der Waals surface area contributed by atoms with Crippen molar-refractivity contribution < 1.29 is 4.74 Å². The lowest BCUT2D eigenvalue weighted by atomic mass is 10.2. The van der Waals surface area contributed by atoms with Crippen molar-refractivity contribution in [3.05, 3.63) is 41.9 Å². The first-order valence-electron chi connectivity index (χ1n) is 7.50. The summed E-state index contributed by atoms with van der Waals surface area (Å²) in [6, 6.07) is 5.96. The topological polar surface area (TPSA) is 54.4 Å². The standard InChI is InChI=1S/C16H21N5O/c1-13-3-5-18-16(19-13)21-9-7-20(8-10-21)12-14-4-6-17-15(11-14)22-2/h3-6,11H,7-10,12H2,1-2H3. The third kappa shape index (κ3) is 3.51. The number of hydrogen-bond donors (Lipinski definition) is 0. The highest BCUT2D eigenvalue weighted by molar-refractivity contribution is 5.31. The van der Waals surface area contributed by atoms with Gasteiger partial charge in [0.1, 0.15) is 0 Å². The Kier molecular flexibility index (Phi) is 4.48. The summed E-state index contributed by atoms with van der Waals surface area (Å²) in [6.45, 7) is 6.82. The van der Waals surface area contributed by atoms with Gasteiger partial charge in [0.25, 0.3) is 0 Å². The van der Waals surface area contributed by atoms with Gasteiger partial charge >= 0.3 is 0 Å². The first-order valence-corrected chi connectivity index (χ1v) is 7.50. The predicted molar refractivity (Wildman–Crippen MR) is 85.0 cm³/mol. The molecule has 1 fully saturated rings. The van der Waals surface area contributed by atoms with Crippen molar-refractivity contribution in [1.82, 2.24) is 19.9 Å². The summed E-state index contributed by atoms with van der Waals surface area (Å²) in [5.41, 5.74) is 2.24. The van der Waals surface area contributed by atoms with Crippen molar-refractivity contribution >= 4 is 5.95 Å². The largest absolute Gasteiger partial charge is 0.481 e. The molecule has 0 aliphatic carbocycles. The van der Waals surface area contributed by atoms with Crippen LogP contribution in [0, 0.1) is 6.92 Å². The number of ether oxygens (including phenoxy) is 1. The molecular formula is C16H21N5O. The lowest BCUT2D eigenvalue weighted by molar-refractivity contribution is 0.248. The zero-order valence-corrected chi connectivity index (χ0v) is 13.1. The quantitative estimate of drug-likeness (QED) is 0.853. The highest BCUT2D eigenvalue weighted by Crippen LogP contribution is 2.15. The van der Waals surface area contributed by atoms with Crippen molar-refractivity contribution in [2.45, 2.75) is 13.5 Å². The van der Waals surface area contributed by atoms with Crippen LogP contribution in [0.25, 0.3) is 0 Å². The summed E-state index contributed by atoms with van der Waals surface area (Å²) in [5.74, 6) is 1.51. The minimum atomic E-state index is 0.671. The molecule has 2 aromatic rings. The molecule has 0 aromatic carbocycles. The number of nitrogens with zero attached hydrogens (tertiary/aromatic N) is 5. The van der Waals surface area contributed by atoms with Gasteiger partial charge in [-0.1, -0.05) is 0 Å². The van der Waals surface area contributed by atoms with E-state index in [2.05, 4.69) is 24.8 Å². The highest BCUT2D eigenvalue weighted by Gasteiger charge is 2.19. The molecule has 0 N–H and O–H groups in total. The van der Waals surface area contributed by atoms with Crippen molar-refractivity contribution in [3.8, 4) is 5.88 Å². The number of aryl methyl sites for hydroxylation is 1. The second-order valence-electron chi connectivity index (χ2n) is 5.47. The molecule has 1 saturated heterocycles. The Hall–Kier alpha value is -2.21. The Bertz CT molecular complexity index is 625. The van der Waals surface area contributed by atoms with E-state index in [4.69, 9.17) is 4.74 Å². The van der Waals surface area contributed by atoms with Gasteiger partial charge in [-0.2, -0.15) is 0 Å². The van der Waals surface area contributed by atoms with Gasteiger partial charge < -0.3 is 9.64 Å². The number of rotatable bonds is 4. The summed E-state index contributed by atoms with van der Waals surface area (Å²) in [5, 5.41) is 0. The van der Waals surface area contributed by atoms with Crippen LogP contribution in [0.3, 0.4) is 0 Å². The van der Waals surface area contributed by atoms with Gasteiger partial charge in [-0.15, -0.1) is 0 Å². The minimum absolute atomic E-state index is 0.671. The molecule has 6 nitrogen and oxygen atoms in total. The maximum atomic E-state index is 5.18. The van der Waals surface area contributed by atoms with Gasteiger partial charge in [0.15, 0.2) is 0 Å². The molecule has 0 unspecified atom stereocenters. The SMILES string of the molecule is COc1cc(CN2CCN(c3nccc(C)n3)CC2)ccn1. The summed E-state index contributed by atoms with van der Waals surface area (Å²) in [7, 11) is 1.65. The molecule has 6 heteroatoms. The van der Waals surface area contributed by atoms with Gasteiger partial charge in [-0.05, 0) is 24.6 Å². The number of pyridine rings is 1. The number of hydrogen-bond acceptors (Lipinski definition) is 6. The Morgan fingerprint density at radius 3 is 2.59 bits per heavy atom. The molecule has 0 bridgehead atoms. The number of anilines is 1. The van der Waals surface area contributed by atoms with Crippen molar-refractivity contribution in [3.63, 3.8) is 0 Å². The van der Waals surface area contributed by atoms with E-state index in [0.717, 1.165) is 44.4 Å². The third-order valence-corrected chi connectivity index (χ3v) is 3.85. The molecule has 0 radical (unpaired) electrons. The van der Waals surface area contributed by atoms with Crippen LogP contribution in [-0.4, -0.2) is 53.1 Å². The first-order chi connectivity index (χ1) is 10.7. The van der Waals surface area contributed by atoms with Crippen LogP contribution < -0.4 is 9.64 Å². The lowest BCUT2D eigenvalue weighted by Gasteiger charge is -2.34. The Labute approximate surface area is 130 Å². The molecule has 0 spiro atoms. The van der Waals surface area contributed by atoms with E-state index < -0.39 is 0 Å². The summed E-state index contributed by atoms with van der Waals surface area (Å²) in [6.07, 6.45) is 3.62. The summed E-state index contributed by atoms with van der Waals surface area (Å²) >= 11 is 0. The van der Waals surface area contributed by atoms with Crippen LogP contribution in [0.2, 0.25) is 0 Å². The second-order valence-corrected chi connectivity index (χ2v) is 5.47. The van der Waals surface area contributed by atoms with Gasteiger partial charge in [0, 0.05) is 56.9 Å². The van der Waals surface area contributed by atoms with E-state index in [1.165, 1.54) is 5.56 Å². The predicted octanol–water partition coefficient (Wildman–Crippen LogP) is 1.51. The molecule has 22 heavy (non-hydrogen) atoms. The molecule has 1 aliphatic rings. The van der Waals surface area contributed by atoms with Crippen molar-refractivity contribution in [1.29, 1.82) is 0 Å². The fraction of sp³-hybridized carbons (Fsp3) is 0.438. The minimum Gasteiger partial charge on any atom is -0.481 e. The maximum absolute atomic E-state index is 5.18. The lowest BCUT2D eigenvalue weighted by Crippen LogP contribution is -2.46. The second kappa shape index (κ2) is 6.70. The molecule has 0 atom stereocenters. The summed E-state index contributed by atoms with van der Waals surface area (Å²) < 4.78 is 5.18. The smallest absolute Gasteiger partial charge is 0.225 e. The zero-order chi connectivity index (χ0) is 15.4. The van der Waals surface area contributed by atoms with Crippen LogP contribution in [0.15, 0.2) is 30.6 Å². The van der Waals surface area contributed by atoms with E-state index in [-0.39, 0.29) is 0 Å². The Morgan fingerprint density at radius 1 is 1.09 bits per heavy atom. The molecule has 3 rings (SSSR count). The first kappa shape index (κ1) is 14.7. The monoisotopic (exact) mass is 299 g/mol. The fourth-order valence-electron chi connectivity index (χ4n) is 2.61. The Morgan fingerprint density at radius 2 is 1.86 bits per heavy atom. The van der Waals surface area contributed by atoms with E-state index in [1.54, 1.807) is 13.3 Å². The van der Waals surface area contributed by atoms with Gasteiger partial charge in [-0.3, -0.25) is 4.90 Å². The molecular weight excluding hydrogens is 278 g/mol. The molecule has 1 aliphatic heterocycles. The van der Waals surface area contributed by atoms with E-state index in [1.807, 2.05) is 31.3 Å². The van der Waals surface area contributed by atoms with Crippen molar-refractivity contribution in [2.75, 3.05) is 38.2 Å². The van der Waals surface area contributed by atoms with E-state index in [9.17, 15) is 0 Å².